The van der Waals surface area contributed by atoms with Crippen LogP contribution in [0.5, 0.6) is 11.5 Å². The predicted octanol–water partition coefficient (Wildman–Crippen LogP) is 5.01. The molecule has 2 aliphatic rings. The van der Waals surface area contributed by atoms with Crippen LogP contribution in [0.2, 0.25) is 0 Å². The lowest BCUT2D eigenvalue weighted by Crippen LogP contribution is -2.14. The Morgan fingerprint density at radius 2 is 2.08 bits per heavy atom. The Kier molecular flexibility index (Phi) is 5.97. The highest BCUT2D eigenvalue weighted by Gasteiger charge is 2.22. The number of nitrogens with one attached hydrogen (secondary N) is 1. The largest absolute Gasteiger partial charge is 0.493 e. The first-order chi connectivity index (χ1) is 17.6. The van der Waals surface area contributed by atoms with Gasteiger partial charge in [-0.15, -0.1) is 0 Å². The number of benzene rings is 2. The van der Waals surface area contributed by atoms with Crippen molar-refractivity contribution in [1.82, 2.24) is 9.55 Å². The summed E-state index contributed by atoms with van der Waals surface area (Å²) in [6, 6.07) is 17.9. The van der Waals surface area contributed by atoms with Gasteiger partial charge in [0.2, 0.25) is 0 Å². The van der Waals surface area contributed by atoms with Gasteiger partial charge in [0.1, 0.15) is 11.5 Å². The Morgan fingerprint density at radius 1 is 1.14 bits per heavy atom. The van der Waals surface area contributed by atoms with Crippen LogP contribution in [0.15, 0.2) is 60.8 Å². The molecule has 1 unspecified atom stereocenters. The van der Waals surface area contributed by atoms with Gasteiger partial charge in [0.05, 0.1) is 37.1 Å². The fourth-order valence-corrected chi connectivity index (χ4v) is 5.25. The van der Waals surface area contributed by atoms with Crippen molar-refractivity contribution in [2.45, 2.75) is 38.1 Å². The Morgan fingerprint density at radius 3 is 3.00 bits per heavy atom. The van der Waals surface area contributed by atoms with Crippen molar-refractivity contribution in [2.24, 2.45) is 0 Å². The van der Waals surface area contributed by atoms with Crippen LogP contribution in [-0.4, -0.2) is 40.4 Å². The molecule has 0 saturated carbocycles. The molecule has 4 heterocycles. The second-order valence-corrected chi connectivity index (χ2v) is 9.45. The van der Waals surface area contributed by atoms with E-state index in [1.54, 1.807) is 0 Å². The molecule has 36 heavy (non-hydrogen) atoms. The van der Waals surface area contributed by atoms with E-state index in [4.69, 9.17) is 14.5 Å². The van der Waals surface area contributed by atoms with E-state index in [1.807, 2.05) is 42.6 Å². The van der Waals surface area contributed by atoms with Gasteiger partial charge in [-0.05, 0) is 72.5 Å². The Balaban J connectivity index is 1.19. The van der Waals surface area contributed by atoms with Gasteiger partial charge in [0, 0.05) is 42.2 Å². The molecule has 0 spiro atoms. The van der Waals surface area contributed by atoms with Gasteiger partial charge in [-0.25, -0.2) is 0 Å². The number of fused-ring (bicyclic) bond motifs is 3. The summed E-state index contributed by atoms with van der Waals surface area (Å²) in [5, 5.41) is 14.1. The number of aryl methyl sites for hydroxylation is 1. The average Bonchev–Trinajstić information content (AvgIpc) is 3.53. The summed E-state index contributed by atoms with van der Waals surface area (Å²) in [5.74, 6) is 0.865. The number of anilines is 1. The van der Waals surface area contributed by atoms with E-state index >= 15 is 0 Å². The molecule has 0 fully saturated rings. The number of hydrogen-bond donors (Lipinski definition) is 2. The molecule has 6 rings (SSSR count). The summed E-state index contributed by atoms with van der Waals surface area (Å²) in [5.41, 5.74) is 6.44. The lowest BCUT2D eigenvalue weighted by molar-refractivity contribution is -0.137. The van der Waals surface area contributed by atoms with E-state index in [2.05, 4.69) is 28.1 Å². The van der Waals surface area contributed by atoms with Crippen LogP contribution < -0.4 is 14.8 Å². The summed E-state index contributed by atoms with van der Waals surface area (Å²) < 4.78 is 13.7. The first-order valence-electron chi connectivity index (χ1n) is 12.6. The highest BCUT2D eigenvalue weighted by Crippen LogP contribution is 2.34. The number of hydrogen-bond acceptors (Lipinski definition) is 5. The van der Waals surface area contributed by atoms with E-state index in [-0.39, 0.29) is 12.5 Å². The second kappa shape index (κ2) is 9.57. The fraction of sp³-hybridized carbons (Fsp3) is 0.310. The van der Waals surface area contributed by atoms with E-state index in [1.165, 1.54) is 0 Å². The first kappa shape index (κ1) is 22.5. The van der Waals surface area contributed by atoms with Crippen LogP contribution >= 0.6 is 0 Å². The molecule has 1 atom stereocenters. The molecule has 7 nitrogen and oxygen atoms in total. The molecule has 0 bridgehead atoms. The summed E-state index contributed by atoms with van der Waals surface area (Å²) in [4.78, 5) is 16.5. The van der Waals surface area contributed by atoms with E-state index < -0.39 is 5.97 Å². The number of aliphatic carboxylic acids is 1. The quantitative estimate of drug-likeness (QED) is 0.366. The van der Waals surface area contributed by atoms with Crippen LogP contribution in [0.3, 0.4) is 0 Å². The monoisotopic (exact) mass is 483 g/mol. The van der Waals surface area contributed by atoms with Crippen molar-refractivity contribution >= 4 is 22.6 Å². The molecule has 7 heteroatoms. The fourth-order valence-electron chi connectivity index (χ4n) is 5.25. The smallest absolute Gasteiger partial charge is 0.305 e. The van der Waals surface area contributed by atoms with Gasteiger partial charge in [-0.1, -0.05) is 6.07 Å². The third kappa shape index (κ3) is 4.49. The minimum absolute atomic E-state index is 0.00493. The van der Waals surface area contributed by atoms with E-state index in [0.717, 1.165) is 82.8 Å². The number of carbonyl (C=O) groups is 1. The van der Waals surface area contributed by atoms with Crippen molar-refractivity contribution in [3.05, 3.63) is 83.3 Å². The Bertz CT molecular complexity index is 1430. The van der Waals surface area contributed by atoms with Gasteiger partial charge in [-0.3, -0.25) is 9.78 Å². The number of carboxylic acids is 1. The highest BCUT2D eigenvalue weighted by atomic mass is 16.5. The second-order valence-electron chi connectivity index (χ2n) is 9.45. The molecular formula is C29H29N3O4. The van der Waals surface area contributed by atoms with Gasteiger partial charge < -0.3 is 24.5 Å². The SMILES string of the molecule is O=C(O)CC(c1ccc2c(c1)CCO2)n1ccc2cc(OCCc3ccc4c(n3)CCCN4)ccc21. The molecule has 4 aromatic rings. The number of rotatable bonds is 8. The topological polar surface area (TPSA) is 85.6 Å². The molecule has 184 valence electrons. The summed E-state index contributed by atoms with van der Waals surface area (Å²) in [6.45, 7) is 2.24. The lowest BCUT2D eigenvalue weighted by Gasteiger charge is -2.20. The number of ether oxygens (including phenoxy) is 2. The number of carboxylic acid groups (broad SMARTS) is 1. The molecule has 2 N–H and O–H groups in total. The van der Waals surface area contributed by atoms with E-state index in [9.17, 15) is 9.90 Å². The zero-order valence-corrected chi connectivity index (χ0v) is 20.1. The number of nitrogens with zero attached hydrogens (tertiary/aromatic N) is 2. The zero-order valence-electron chi connectivity index (χ0n) is 20.1. The summed E-state index contributed by atoms with van der Waals surface area (Å²) in [6.07, 6.45) is 5.71. The molecule has 0 radical (unpaired) electrons. The van der Waals surface area contributed by atoms with Crippen LogP contribution in [0.25, 0.3) is 10.9 Å². The Hall–Kier alpha value is -4.00. The predicted molar refractivity (Wildman–Crippen MR) is 138 cm³/mol. The molecule has 0 saturated heterocycles. The Labute approximate surface area is 209 Å². The van der Waals surface area contributed by atoms with Crippen molar-refractivity contribution in [3.8, 4) is 11.5 Å². The first-order valence-corrected chi connectivity index (χ1v) is 12.6. The molecule has 2 aliphatic heterocycles. The maximum Gasteiger partial charge on any atom is 0.305 e. The van der Waals surface area contributed by atoms with Crippen molar-refractivity contribution < 1.29 is 19.4 Å². The van der Waals surface area contributed by atoms with Crippen LogP contribution in [-0.2, 0) is 24.1 Å². The average molecular weight is 484 g/mol. The zero-order chi connectivity index (χ0) is 24.5. The van der Waals surface area contributed by atoms with Crippen LogP contribution in [0.4, 0.5) is 5.69 Å². The third-order valence-electron chi connectivity index (χ3n) is 7.06. The molecule has 2 aromatic carbocycles. The van der Waals surface area contributed by atoms with Crippen molar-refractivity contribution in [2.75, 3.05) is 25.1 Å². The van der Waals surface area contributed by atoms with Crippen molar-refractivity contribution in [1.29, 1.82) is 0 Å². The molecule has 0 amide bonds. The minimum Gasteiger partial charge on any atom is -0.493 e. The maximum absolute atomic E-state index is 11.8. The standard InChI is InChI=1S/C29H29N3O4/c33-29(34)18-27(19-3-8-28-21(16-19)10-14-36-28)32-13-9-20-17-23(5-7-26(20)32)35-15-11-22-4-6-24-25(31-22)2-1-12-30-24/h3-9,13,16-17,27,30H,1-2,10-12,14-15,18H2,(H,33,34). The molecule has 2 aromatic heterocycles. The minimum atomic E-state index is -0.829. The summed E-state index contributed by atoms with van der Waals surface area (Å²) in [7, 11) is 0. The maximum atomic E-state index is 11.8. The number of aromatic nitrogens is 2. The van der Waals surface area contributed by atoms with Gasteiger partial charge in [0.15, 0.2) is 0 Å². The van der Waals surface area contributed by atoms with E-state index in [0.29, 0.717) is 13.2 Å². The number of pyridine rings is 1. The lowest BCUT2D eigenvalue weighted by atomic mass is 9.99. The summed E-state index contributed by atoms with van der Waals surface area (Å²) >= 11 is 0. The normalized spacial score (nSPS) is 15.0. The highest BCUT2D eigenvalue weighted by molar-refractivity contribution is 5.82. The molecular weight excluding hydrogens is 454 g/mol. The van der Waals surface area contributed by atoms with Gasteiger partial charge in [0.25, 0.3) is 0 Å². The van der Waals surface area contributed by atoms with Crippen LogP contribution in [0.1, 0.15) is 41.4 Å². The van der Waals surface area contributed by atoms with Gasteiger partial charge >= 0.3 is 5.97 Å². The van der Waals surface area contributed by atoms with Gasteiger partial charge in [-0.2, -0.15) is 0 Å². The third-order valence-corrected chi connectivity index (χ3v) is 7.06. The molecule has 0 aliphatic carbocycles. The van der Waals surface area contributed by atoms with Crippen LogP contribution in [0, 0.1) is 0 Å². The van der Waals surface area contributed by atoms with Crippen molar-refractivity contribution in [3.63, 3.8) is 0 Å².